The molecule has 1 aromatic heterocycles. The molecule has 1 aliphatic rings. The topological polar surface area (TPSA) is 67.2 Å². The van der Waals surface area contributed by atoms with Crippen LogP contribution in [0.2, 0.25) is 0 Å². The second kappa shape index (κ2) is 7.96. The van der Waals surface area contributed by atoms with Gasteiger partial charge in [0.2, 0.25) is 11.8 Å². The number of hydrogen-bond acceptors (Lipinski definition) is 3. The van der Waals surface area contributed by atoms with Crippen molar-refractivity contribution >= 4 is 17.5 Å². The highest BCUT2D eigenvalue weighted by Crippen LogP contribution is 2.28. The number of amides is 2. The zero-order valence-corrected chi connectivity index (χ0v) is 14.5. The summed E-state index contributed by atoms with van der Waals surface area (Å²) < 4.78 is 1.98. The molecule has 0 bridgehead atoms. The third-order valence-corrected chi connectivity index (χ3v) is 4.61. The average Bonchev–Trinajstić information content (AvgIpc) is 3.28. The van der Waals surface area contributed by atoms with Crippen molar-refractivity contribution in [3.8, 4) is 0 Å². The van der Waals surface area contributed by atoms with E-state index in [1.807, 2.05) is 35.0 Å². The second-order valence-corrected chi connectivity index (χ2v) is 6.33. The highest BCUT2D eigenvalue weighted by atomic mass is 16.2. The van der Waals surface area contributed by atoms with Gasteiger partial charge in [0.15, 0.2) is 0 Å². The molecule has 1 aromatic carbocycles. The molecule has 0 radical (unpaired) electrons. The molecule has 1 N–H and O–H groups in total. The summed E-state index contributed by atoms with van der Waals surface area (Å²) in [6.07, 6.45) is 7.40. The Morgan fingerprint density at radius 2 is 2.20 bits per heavy atom. The minimum atomic E-state index is -0.273. The Morgan fingerprint density at radius 1 is 1.36 bits per heavy atom. The molecule has 6 nitrogen and oxygen atoms in total. The fourth-order valence-electron chi connectivity index (χ4n) is 3.23. The van der Waals surface area contributed by atoms with E-state index in [1.54, 1.807) is 17.4 Å². The molecule has 2 amide bonds. The third-order valence-electron chi connectivity index (χ3n) is 4.61. The van der Waals surface area contributed by atoms with Crippen LogP contribution in [0.15, 0.2) is 43.0 Å². The normalized spacial score (nSPS) is 17.1. The van der Waals surface area contributed by atoms with E-state index < -0.39 is 0 Å². The molecular weight excluding hydrogens is 316 g/mol. The van der Waals surface area contributed by atoms with E-state index in [1.165, 1.54) is 0 Å². The van der Waals surface area contributed by atoms with Gasteiger partial charge in [-0.1, -0.05) is 25.1 Å². The summed E-state index contributed by atoms with van der Waals surface area (Å²) in [4.78, 5) is 30.5. The number of aryl methyl sites for hydroxylation is 2. The van der Waals surface area contributed by atoms with Crippen LogP contribution in [0.1, 0.15) is 25.3 Å². The molecule has 1 unspecified atom stereocenters. The Labute approximate surface area is 147 Å². The van der Waals surface area contributed by atoms with Gasteiger partial charge in [0.1, 0.15) is 0 Å². The number of anilines is 1. The van der Waals surface area contributed by atoms with E-state index in [9.17, 15) is 9.59 Å². The number of rotatable bonds is 7. The maximum atomic E-state index is 12.4. The Balaban J connectivity index is 1.52. The summed E-state index contributed by atoms with van der Waals surface area (Å²) in [5.74, 6) is -0.277. The van der Waals surface area contributed by atoms with Crippen LogP contribution in [-0.2, 0) is 22.6 Å². The summed E-state index contributed by atoms with van der Waals surface area (Å²) in [6.45, 7) is 3.96. The van der Waals surface area contributed by atoms with Crippen molar-refractivity contribution in [2.75, 3.05) is 18.0 Å². The summed E-state index contributed by atoms with van der Waals surface area (Å²) in [5, 5.41) is 2.96. The zero-order chi connectivity index (χ0) is 17.6. The Bertz CT molecular complexity index is 727. The quantitative estimate of drug-likeness (QED) is 0.784. The summed E-state index contributed by atoms with van der Waals surface area (Å²) >= 11 is 0. The fraction of sp³-hybridized carbons (Fsp3) is 0.421. The molecule has 1 saturated heterocycles. The lowest BCUT2D eigenvalue weighted by atomic mass is 10.1. The summed E-state index contributed by atoms with van der Waals surface area (Å²) in [6, 6.07) is 7.91. The van der Waals surface area contributed by atoms with Crippen LogP contribution in [0.4, 0.5) is 5.69 Å². The van der Waals surface area contributed by atoms with Crippen LogP contribution in [0, 0.1) is 5.92 Å². The number of para-hydroxylation sites is 1. The molecule has 1 fully saturated rings. The molecule has 0 saturated carbocycles. The minimum absolute atomic E-state index is 0.0273. The Hall–Kier alpha value is -2.63. The Morgan fingerprint density at radius 3 is 2.96 bits per heavy atom. The third kappa shape index (κ3) is 4.07. The number of hydrogen-bond donors (Lipinski definition) is 1. The van der Waals surface area contributed by atoms with Crippen molar-refractivity contribution in [2.24, 2.45) is 5.92 Å². The maximum absolute atomic E-state index is 12.4. The predicted octanol–water partition coefficient (Wildman–Crippen LogP) is 2.00. The van der Waals surface area contributed by atoms with E-state index in [0.29, 0.717) is 13.1 Å². The van der Waals surface area contributed by atoms with Crippen LogP contribution >= 0.6 is 0 Å². The van der Waals surface area contributed by atoms with Crippen molar-refractivity contribution in [1.82, 2.24) is 14.9 Å². The number of imidazole rings is 1. The first-order chi connectivity index (χ1) is 12.2. The van der Waals surface area contributed by atoms with Crippen molar-refractivity contribution in [3.63, 3.8) is 0 Å². The van der Waals surface area contributed by atoms with Gasteiger partial charge in [-0.3, -0.25) is 9.59 Å². The van der Waals surface area contributed by atoms with Gasteiger partial charge < -0.3 is 14.8 Å². The lowest BCUT2D eigenvalue weighted by molar-refractivity contribution is -0.126. The molecule has 3 rings (SSSR count). The number of benzene rings is 1. The number of nitrogens with zero attached hydrogens (tertiary/aromatic N) is 3. The molecule has 2 aromatic rings. The van der Waals surface area contributed by atoms with Gasteiger partial charge in [0.25, 0.3) is 0 Å². The number of nitrogens with one attached hydrogen (secondary N) is 1. The molecule has 6 heteroatoms. The van der Waals surface area contributed by atoms with Crippen molar-refractivity contribution < 1.29 is 9.59 Å². The first kappa shape index (κ1) is 17.2. The van der Waals surface area contributed by atoms with Crippen molar-refractivity contribution in [1.29, 1.82) is 0 Å². The van der Waals surface area contributed by atoms with Gasteiger partial charge in [0.05, 0.1) is 12.2 Å². The monoisotopic (exact) mass is 340 g/mol. The predicted molar refractivity (Wildman–Crippen MR) is 96.1 cm³/mol. The van der Waals surface area contributed by atoms with Crippen LogP contribution < -0.4 is 10.2 Å². The summed E-state index contributed by atoms with van der Waals surface area (Å²) in [5.41, 5.74) is 2.07. The molecule has 1 atom stereocenters. The number of carbonyl (C=O) groups is 2. The minimum Gasteiger partial charge on any atom is -0.356 e. The molecule has 1 aliphatic heterocycles. The molecule has 0 spiro atoms. The van der Waals surface area contributed by atoms with Gasteiger partial charge in [-0.05, 0) is 24.5 Å². The first-order valence-electron chi connectivity index (χ1n) is 8.80. The van der Waals surface area contributed by atoms with Gasteiger partial charge in [-0.25, -0.2) is 4.98 Å². The highest BCUT2D eigenvalue weighted by molar-refractivity contribution is 6.00. The van der Waals surface area contributed by atoms with E-state index >= 15 is 0 Å². The number of aromatic nitrogens is 2. The first-order valence-corrected chi connectivity index (χ1v) is 8.80. The van der Waals surface area contributed by atoms with Crippen LogP contribution in [0.3, 0.4) is 0 Å². The molecule has 2 heterocycles. The lowest BCUT2D eigenvalue weighted by Gasteiger charge is -2.20. The van der Waals surface area contributed by atoms with E-state index in [4.69, 9.17) is 0 Å². The maximum Gasteiger partial charge on any atom is 0.227 e. The molecule has 25 heavy (non-hydrogen) atoms. The van der Waals surface area contributed by atoms with Gasteiger partial charge >= 0.3 is 0 Å². The number of carbonyl (C=O) groups excluding carboxylic acids is 2. The molecule has 132 valence electrons. The Kier molecular flexibility index (Phi) is 5.48. The van der Waals surface area contributed by atoms with E-state index in [-0.39, 0.29) is 24.2 Å². The van der Waals surface area contributed by atoms with Gasteiger partial charge in [0, 0.05) is 44.1 Å². The smallest absolute Gasteiger partial charge is 0.227 e. The van der Waals surface area contributed by atoms with Gasteiger partial charge in [-0.15, -0.1) is 0 Å². The van der Waals surface area contributed by atoms with Gasteiger partial charge in [-0.2, -0.15) is 0 Å². The lowest BCUT2D eigenvalue weighted by Crippen LogP contribution is -2.34. The SMILES string of the molecule is CCc1ccccc1N1CC(C(=O)NCCCn2ccnc2)CC1=O. The fourth-order valence-corrected chi connectivity index (χ4v) is 3.23. The van der Waals surface area contributed by atoms with Crippen molar-refractivity contribution in [2.45, 2.75) is 32.7 Å². The highest BCUT2D eigenvalue weighted by Gasteiger charge is 2.35. The van der Waals surface area contributed by atoms with Crippen LogP contribution in [-0.4, -0.2) is 34.5 Å². The van der Waals surface area contributed by atoms with E-state index in [0.717, 1.165) is 30.6 Å². The van der Waals surface area contributed by atoms with E-state index in [2.05, 4.69) is 17.2 Å². The second-order valence-electron chi connectivity index (χ2n) is 6.33. The average molecular weight is 340 g/mol. The van der Waals surface area contributed by atoms with Crippen molar-refractivity contribution in [3.05, 3.63) is 48.5 Å². The molecular formula is C19H24N4O2. The largest absolute Gasteiger partial charge is 0.356 e. The molecule has 0 aliphatic carbocycles. The summed E-state index contributed by atoms with van der Waals surface area (Å²) in [7, 11) is 0. The zero-order valence-electron chi connectivity index (χ0n) is 14.5. The standard InChI is InChI=1S/C19H24N4O2/c1-2-15-6-3-4-7-17(15)23-13-16(12-18(23)24)19(25)21-8-5-10-22-11-9-20-14-22/h3-4,6-7,9,11,14,16H,2,5,8,10,12-13H2,1H3,(H,21,25). The van der Waals surface area contributed by atoms with Crippen LogP contribution in [0.25, 0.3) is 0 Å². The van der Waals surface area contributed by atoms with Crippen LogP contribution in [0.5, 0.6) is 0 Å².